The lowest BCUT2D eigenvalue weighted by Gasteiger charge is -2.34. The van der Waals surface area contributed by atoms with E-state index >= 15 is 0 Å². The molecule has 0 aromatic heterocycles. The summed E-state index contributed by atoms with van der Waals surface area (Å²) in [5.41, 5.74) is 6.32. The quantitative estimate of drug-likeness (QED) is 0.254. The average Bonchev–Trinajstić information content (AvgIpc) is 2.66. The fourth-order valence-corrected chi connectivity index (χ4v) is 4.90. The van der Waals surface area contributed by atoms with Gasteiger partial charge in [-0.2, -0.15) is 0 Å². The van der Waals surface area contributed by atoms with Gasteiger partial charge in [0.15, 0.2) is 0 Å². The van der Waals surface area contributed by atoms with Crippen LogP contribution in [0, 0.1) is 12.8 Å². The second-order valence-electron chi connectivity index (χ2n) is 8.94. The van der Waals surface area contributed by atoms with Gasteiger partial charge in [0, 0.05) is 16.8 Å². The zero-order chi connectivity index (χ0) is 20.9. The molecule has 1 aromatic carbocycles. The summed E-state index contributed by atoms with van der Waals surface area (Å²) >= 11 is 3.54. The molecule has 0 spiro atoms. The van der Waals surface area contributed by atoms with Crippen molar-refractivity contribution in [3.8, 4) is 5.75 Å². The van der Waals surface area contributed by atoms with E-state index in [0.717, 1.165) is 35.9 Å². The molecule has 0 bridgehead atoms. The molecule has 2 rings (SSSR count). The monoisotopic (exact) mass is 448 g/mol. The summed E-state index contributed by atoms with van der Waals surface area (Å²) in [6.07, 6.45) is 7.82. The van der Waals surface area contributed by atoms with E-state index in [4.69, 9.17) is 4.74 Å². The SMILES string of the molecule is C=C(C)[C@H]1CCC(CO)=C[C@@H]1c1c(C)cc(C(C)(C)CCCCBr)cc1OC. The molecule has 1 aliphatic carbocycles. The Balaban J connectivity index is 2.48. The topological polar surface area (TPSA) is 29.5 Å². The second kappa shape index (κ2) is 10.1. The van der Waals surface area contributed by atoms with Crippen molar-refractivity contribution in [1.29, 1.82) is 0 Å². The summed E-state index contributed by atoms with van der Waals surface area (Å²) in [5.74, 6) is 1.57. The minimum absolute atomic E-state index is 0.116. The van der Waals surface area contributed by atoms with Crippen LogP contribution < -0.4 is 4.74 Å². The third-order valence-corrected chi connectivity index (χ3v) is 6.89. The number of hydrogen-bond donors (Lipinski definition) is 1. The molecule has 156 valence electrons. The summed E-state index contributed by atoms with van der Waals surface area (Å²) in [4.78, 5) is 0. The number of methoxy groups -OCH3 is 1. The lowest BCUT2D eigenvalue weighted by molar-refractivity contribution is 0.314. The number of rotatable bonds is 9. The van der Waals surface area contributed by atoms with Crippen molar-refractivity contribution in [2.24, 2.45) is 5.92 Å². The van der Waals surface area contributed by atoms with Gasteiger partial charge in [-0.15, -0.1) is 0 Å². The first kappa shape index (κ1) is 23.2. The van der Waals surface area contributed by atoms with Crippen molar-refractivity contribution in [3.63, 3.8) is 0 Å². The number of benzene rings is 1. The lowest BCUT2D eigenvalue weighted by atomic mass is 9.71. The average molecular weight is 449 g/mol. The van der Waals surface area contributed by atoms with Crippen LogP contribution in [-0.4, -0.2) is 24.2 Å². The summed E-state index contributed by atoms with van der Waals surface area (Å²) in [6.45, 7) is 13.4. The van der Waals surface area contributed by atoms with Crippen molar-refractivity contribution >= 4 is 15.9 Å². The number of hydrogen-bond acceptors (Lipinski definition) is 2. The molecule has 3 heteroatoms. The van der Waals surface area contributed by atoms with Crippen LogP contribution in [0.2, 0.25) is 0 Å². The molecule has 1 N–H and O–H groups in total. The van der Waals surface area contributed by atoms with Crippen molar-refractivity contribution in [2.75, 3.05) is 19.0 Å². The number of allylic oxidation sites excluding steroid dienone is 2. The molecule has 2 nitrogen and oxygen atoms in total. The largest absolute Gasteiger partial charge is 0.496 e. The summed E-state index contributed by atoms with van der Waals surface area (Å²) < 4.78 is 5.91. The highest BCUT2D eigenvalue weighted by molar-refractivity contribution is 9.09. The van der Waals surface area contributed by atoms with E-state index in [2.05, 4.69) is 68.4 Å². The van der Waals surface area contributed by atoms with Gasteiger partial charge in [0.2, 0.25) is 0 Å². The van der Waals surface area contributed by atoms with E-state index in [1.165, 1.54) is 35.1 Å². The van der Waals surface area contributed by atoms with E-state index in [0.29, 0.717) is 5.92 Å². The molecular formula is C25H37BrO2. The van der Waals surface area contributed by atoms with Gasteiger partial charge in [-0.25, -0.2) is 0 Å². The highest BCUT2D eigenvalue weighted by atomic mass is 79.9. The molecule has 0 fully saturated rings. The van der Waals surface area contributed by atoms with Crippen LogP contribution in [0.3, 0.4) is 0 Å². The van der Waals surface area contributed by atoms with E-state index in [1.54, 1.807) is 7.11 Å². The Labute approximate surface area is 180 Å². The minimum Gasteiger partial charge on any atom is -0.496 e. The van der Waals surface area contributed by atoms with Crippen molar-refractivity contribution in [1.82, 2.24) is 0 Å². The summed E-state index contributed by atoms with van der Waals surface area (Å²) in [5, 5.41) is 10.8. The summed E-state index contributed by atoms with van der Waals surface area (Å²) in [7, 11) is 1.77. The third-order valence-electron chi connectivity index (χ3n) is 6.33. The maximum absolute atomic E-state index is 9.70. The first-order valence-electron chi connectivity index (χ1n) is 10.5. The second-order valence-corrected chi connectivity index (χ2v) is 9.73. The van der Waals surface area contributed by atoms with Gasteiger partial charge >= 0.3 is 0 Å². The third kappa shape index (κ3) is 5.30. The van der Waals surface area contributed by atoms with Crippen molar-refractivity contribution in [3.05, 3.63) is 52.6 Å². The standard InChI is InChI=1S/C25H37BrO2/c1-17(2)21-10-9-19(16-27)14-22(21)24-18(3)13-20(15-23(24)28-6)25(4,5)11-7-8-12-26/h13-15,21-22,27H,1,7-12,16H2,2-6H3/t21-,22+/m1/s1. The Kier molecular flexibility index (Phi) is 8.39. The maximum atomic E-state index is 9.70. The Hall–Kier alpha value is -1.06. The van der Waals surface area contributed by atoms with Gasteiger partial charge in [0.05, 0.1) is 13.7 Å². The van der Waals surface area contributed by atoms with Gasteiger partial charge in [-0.3, -0.25) is 0 Å². The van der Waals surface area contributed by atoms with Crippen LogP contribution in [0.5, 0.6) is 5.75 Å². The van der Waals surface area contributed by atoms with Crippen molar-refractivity contribution < 1.29 is 9.84 Å². The fraction of sp³-hybridized carbons (Fsp3) is 0.600. The molecule has 1 aromatic rings. The van der Waals surface area contributed by atoms with E-state index in [9.17, 15) is 5.11 Å². The van der Waals surface area contributed by atoms with Crippen LogP contribution in [0.4, 0.5) is 0 Å². The van der Waals surface area contributed by atoms with Gasteiger partial charge in [-0.05, 0) is 73.6 Å². The first-order valence-corrected chi connectivity index (χ1v) is 11.6. The minimum atomic E-state index is 0.116. The van der Waals surface area contributed by atoms with Crippen LogP contribution in [0.25, 0.3) is 0 Å². The highest BCUT2D eigenvalue weighted by Gasteiger charge is 2.31. The lowest BCUT2D eigenvalue weighted by Crippen LogP contribution is -2.22. The molecule has 0 aliphatic heterocycles. The molecule has 28 heavy (non-hydrogen) atoms. The number of halogens is 1. The number of aliphatic hydroxyl groups excluding tert-OH is 1. The first-order chi connectivity index (χ1) is 13.2. The number of unbranched alkanes of at least 4 members (excludes halogenated alkanes) is 1. The van der Waals surface area contributed by atoms with Gasteiger partial charge in [-0.1, -0.05) is 60.5 Å². The number of aliphatic hydroxyl groups is 1. The van der Waals surface area contributed by atoms with Crippen LogP contribution >= 0.6 is 15.9 Å². The molecule has 0 amide bonds. The van der Waals surface area contributed by atoms with Crippen LogP contribution in [0.15, 0.2) is 35.9 Å². The van der Waals surface area contributed by atoms with Gasteiger partial charge in [0.25, 0.3) is 0 Å². The predicted octanol–water partition coefficient (Wildman–Crippen LogP) is 6.83. The fourth-order valence-electron chi connectivity index (χ4n) is 4.50. The smallest absolute Gasteiger partial charge is 0.123 e. The summed E-state index contributed by atoms with van der Waals surface area (Å²) in [6, 6.07) is 4.59. The molecule has 0 heterocycles. The van der Waals surface area contributed by atoms with Gasteiger partial charge < -0.3 is 9.84 Å². The van der Waals surface area contributed by atoms with Crippen LogP contribution in [0.1, 0.15) is 75.5 Å². The Morgan fingerprint density at radius 2 is 2.04 bits per heavy atom. The Morgan fingerprint density at radius 1 is 1.32 bits per heavy atom. The molecule has 1 aliphatic rings. The Bertz CT molecular complexity index is 718. The van der Waals surface area contributed by atoms with E-state index < -0.39 is 0 Å². The normalized spacial score (nSPS) is 20.0. The molecule has 0 unspecified atom stereocenters. The van der Waals surface area contributed by atoms with Crippen LogP contribution in [-0.2, 0) is 5.41 Å². The molecule has 0 saturated heterocycles. The van der Waals surface area contributed by atoms with E-state index in [-0.39, 0.29) is 17.9 Å². The molecule has 0 saturated carbocycles. The number of alkyl halides is 1. The molecule has 2 atom stereocenters. The molecular weight excluding hydrogens is 412 g/mol. The molecule has 0 radical (unpaired) electrons. The van der Waals surface area contributed by atoms with Crippen molar-refractivity contribution in [2.45, 2.75) is 71.1 Å². The highest BCUT2D eigenvalue weighted by Crippen LogP contribution is 2.45. The zero-order valence-corrected chi connectivity index (χ0v) is 19.9. The number of aryl methyl sites for hydroxylation is 1. The maximum Gasteiger partial charge on any atom is 0.123 e. The predicted molar refractivity (Wildman–Crippen MR) is 124 cm³/mol. The van der Waals surface area contributed by atoms with E-state index in [1.807, 2.05) is 0 Å². The van der Waals surface area contributed by atoms with Gasteiger partial charge in [0.1, 0.15) is 5.75 Å². The number of ether oxygens (including phenoxy) is 1. The Morgan fingerprint density at radius 3 is 2.61 bits per heavy atom. The zero-order valence-electron chi connectivity index (χ0n) is 18.3.